The smallest absolute Gasteiger partial charge is 0.282 e. The minimum absolute atomic E-state index is 0.269. The molecule has 2 aromatic rings. The van der Waals surface area contributed by atoms with E-state index in [0.717, 1.165) is 35.1 Å². The predicted octanol–water partition coefficient (Wildman–Crippen LogP) is 3.29. The van der Waals surface area contributed by atoms with Crippen LogP contribution in [-0.4, -0.2) is 10.8 Å². The number of carbonyl (C=O) groups excluding carboxylic acids is 1. The summed E-state index contributed by atoms with van der Waals surface area (Å²) in [5.41, 5.74) is 0.444. The third-order valence-electron chi connectivity index (χ3n) is 3.03. The van der Waals surface area contributed by atoms with Gasteiger partial charge in [-0.1, -0.05) is 6.92 Å². The fourth-order valence-corrected chi connectivity index (χ4v) is 2.86. The van der Waals surface area contributed by atoms with E-state index in [2.05, 4.69) is 5.32 Å². The van der Waals surface area contributed by atoms with Crippen LogP contribution in [0.15, 0.2) is 29.6 Å². The summed E-state index contributed by atoms with van der Waals surface area (Å²) in [6.07, 6.45) is 0.842. The first-order valence-electron chi connectivity index (χ1n) is 6.30. The Morgan fingerprint density at radius 2 is 2.19 bits per heavy atom. The standard InChI is InChI=1S/C14H13FN2O3S/c1-2-9-5-6-21-13(9)8-16-14(18)11-7-10(15)3-4-12(11)17(19)20/h3-7H,2,8H2,1H3,(H,16,18). The van der Waals surface area contributed by atoms with Gasteiger partial charge in [-0.3, -0.25) is 14.9 Å². The normalized spacial score (nSPS) is 10.4. The summed E-state index contributed by atoms with van der Waals surface area (Å²) in [5.74, 6) is -1.34. The highest BCUT2D eigenvalue weighted by molar-refractivity contribution is 7.10. The fourth-order valence-electron chi connectivity index (χ4n) is 1.94. The molecule has 0 aliphatic carbocycles. The number of hydrogen-bond acceptors (Lipinski definition) is 4. The number of aryl methyl sites for hydroxylation is 1. The van der Waals surface area contributed by atoms with Crippen molar-refractivity contribution in [1.29, 1.82) is 0 Å². The zero-order valence-electron chi connectivity index (χ0n) is 11.3. The lowest BCUT2D eigenvalue weighted by molar-refractivity contribution is -0.385. The van der Waals surface area contributed by atoms with Crippen molar-refractivity contribution < 1.29 is 14.1 Å². The van der Waals surface area contributed by atoms with Crippen LogP contribution in [-0.2, 0) is 13.0 Å². The second kappa shape index (κ2) is 6.45. The van der Waals surface area contributed by atoms with E-state index in [9.17, 15) is 19.3 Å². The van der Waals surface area contributed by atoms with Crippen molar-refractivity contribution >= 4 is 22.9 Å². The van der Waals surface area contributed by atoms with Crippen LogP contribution in [0.25, 0.3) is 0 Å². The molecule has 1 amide bonds. The molecule has 110 valence electrons. The molecule has 0 spiro atoms. The Bertz CT molecular complexity index is 685. The van der Waals surface area contributed by atoms with Gasteiger partial charge < -0.3 is 5.32 Å². The summed E-state index contributed by atoms with van der Waals surface area (Å²) in [6, 6.07) is 4.80. The van der Waals surface area contributed by atoms with Gasteiger partial charge >= 0.3 is 0 Å². The number of nitro groups is 1. The van der Waals surface area contributed by atoms with Crippen molar-refractivity contribution in [3.05, 3.63) is 61.6 Å². The average molecular weight is 308 g/mol. The van der Waals surface area contributed by atoms with Gasteiger partial charge in [0.15, 0.2) is 0 Å². The molecule has 2 rings (SSSR count). The van der Waals surface area contributed by atoms with Crippen LogP contribution in [0.3, 0.4) is 0 Å². The number of benzene rings is 1. The first-order chi connectivity index (χ1) is 10.0. The monoisotopic (exact) mass is 308 g/mol. The predicted molar refractivity (Wildman–Crippen MR) is 77.9 cm³/mol. The molecule has 0 saturated carbocycles. The molecule has 21 heavy (non-hydrogen) atoms. The Hall–Kier alpha value is -2.28. The Morgan fingerprint density at radius 3 is 2.86 bits per heavy atom. The fraction of sp³-hybridized carbons (Fsp3) is 0.214. The highest BCUT2D eigenvalue weighted by Gasteiger charge is 2.20. The first-order valence-corrected chi connectivity index (χ1v) is 7.18. The molecule has 0 aliphatic rings. The Balaban J connectivity index is 2.17. The van der Waals surface area contributed by atoms with Gasteiger partial charge in [-0.2, -0.15) is 0 Å². The van der Waals surface area contributed by atoms with Crippen molar-refractivity contribution in [2.75, 3.05) is 0 Å². The van der Waals surface area contributed by atoms with Gasteiger partial charge in [-0.05, 0) is 35.6 Å². The van der Waals surface area contributed by atoms with Gasteiger partial charge in [0.05, 0.1) is 11.5 Å². The van der Waals surface area contributed by atoms with Gasteiger partial charge in [0.25, 0.3) is 11.6 Å². The number of amides is 1. The molecule has 0 bridgehead atoms. The summed E-state index contributed by atoms with van der Waals surface area (Å²) in [4.78, 5) is 23.2. The van der Waals surface area contributed by atoms with Crippen molar-refractivity contribution in [3.63, 3.8) is 0 Å². The lowest BCUT2D eigenvalue weighted by Crippen LogP contribution is -2.23. The maximum absolute atomic E-state index is 13.2. The minimum Gasteiger partial charge on any atom is -0.347 e. The number of rotatable bonds is 5. The third kappa shape index (κ3) is 3.43. The van der Waals surface area contributed by atoms with E-state index in [1.54, 1.807) is 0 Å². The van der Waals surface area contributed by atoms with Crippen LogP contribution in [0.5, 0.6) is 0 Å². The molecule has 0 fully saturated rings. The molecule has 7 heteroatoms. The molecule has 0 saturated heterocycles. The molecule has 0 unspecified atom stereocenters. The third-order valence-corrected chi connectivity index (χ3v) is 3.99. The Morgan fingerprint density at radius 1 is 1.43 bits per heavy atom. The Kier molecular flexibility index (Phi) is 4.64. The largest absolute Gasteiger partial charge is 0.347 e. The lowest BCUT2D eigenvalue weighted by Gasteiger charge is -2.06. The van der Waals surface area contributed by atoms with Gasteiger partial charge in [-0.25, -0.2) is 4.39 Å². The summed E-state index contributed by atoms with van der Waals surface area (Å²) in [7, 11) is 0. The molecule has 1 heterocycles. The quantitative estimate of drug-likeness (QED) is 0.680. The van der Waals surface area contributed by atoms with Crippen LogP contribution >= 0.6 is 11.3 Å². The van der Waals surface area contributed by atoms with Crippen LogP contribution in [0.1, 0.15) is 27.7 Å². The second-order valence-electron chi connectivity index (χ2n) is 4.32. The molecule has 0 radical (unpaired) electrons. The topological polar surface area (TPSA) is 72.2 Å². The highest BCUT2D eigenvalue weighted by Crippen LogP contribution is 2.21. The zero-order chi connectivity index (χ0) is 15.4. The number of hydrogen-bond donors (Lipinski definition) is 1. The van der Waals surface area contributed by atoms with E-state index in [-0.39, 0.29) is 12.1 Å². The SMILES string of the molecule is CCc1ccsc1CNC(=O)c1cc(F)ccc1[N+](=O)[O-]. The number of carbonyl (C=O) groups is 1. The first kappa shape index (κ1) is 15.1. The molecular weight excluding hydrogens is 295 g/mol. The molecule has 1 aromatic carbocycles. The van der Waals surface area contributed by atoms with Crippen molar-refractivity contribution in [3.8, 4) is 0 Å². The highest BCUT2D eigenvalue weighted by atomic mass is 32.1. The van der Waals surface area contributed by atoms with E-state index in [4.69, 9.17) is 0 Å². The minimum atomic E-state index is -0.697. The van der Waals surface area contributed by atoms with E-state index in [0.29, 0.717) is 0 Å². The van der Waals surface area contributed by atoms with Crippen molar-refractivity contribution in [2.45, 2.75) is 19.9 Å². The molecule has 0 aliphatic heterocycles. The summed E-state index contributed by atoms with van der Waals surface area (Å²) in [5, 5.41) is 15.4. The maximum Gasteiger partial charge on any atom is 0.282 e. The average Bonchev–Trinajstić information content (AvgIpc) is 2.91. The van der Waals surface area contributed by atoms with Crippen LogP contribution < -0.4 is 5.32 Å². The molecular formula is C14H13FN2O3S. The number of nitrogens with zero attached hydrogens (tertiary/aromatic N) is 1. The zero-order valence-corrected chi connectivity index (χ0v) is 12.1. The second-order valence-corrected chi connectivity index (χ2v) is 5.32. The summed E-state index contributed by atoms with van der Waals surface area (Å²) in [6.45, 7) is 2.28. The van der Waals surface area contributed by atoms with Gasteiger partial charge in [0.2, 0.25) is 0 Å². The molecule has 1 aromatic heterocycles. The number of nitrogens with one attached hydrogen (secondary N) is 1. The van der Waals surface area contributed by atoms with Crippen LogP contribution in [0, 0.1) is 15.9 Å². The van der Waals surface area contributed by atoms with E-state index in [1.165, 1.54) is 11.3 Å². The molecule has 5 nitrogen and oxygen atoms in total. The van der Waals surface area contributed by atoms with Crippen molar-refractivity contribution in [2.24, 2.45) is 0 Å². The van der Waals surface area contributed by atoms with Crippen LogP contribution in [0.4, 0.5) is 10.1 Å². The maximum atomic E-state index is 13.2. The molecule has 0 atom stereocenters. The van der Waals surface area contributed by atoms with Crippen molar-refractivity contribution in [1.82, 2.24) is 5.32 Å². The number of nitro benzene ring substituents is 1. The summed E-state index contributed by atoms with van der Waals surface area (Å²) >= 11 is 1.50. The lowest BCUT2D eigenvalue weighted by atomic mass is 10.1. The summed E-state index contributed by atoms with van der Waals surface area (Å²) < 4.78 is 13.2. The van der Waals surface area contributed by atoms with E-state index >= 15 is 0 Å². The van der Waals surface area contributed by atoms with Gasteiger partial charge in [0.1, 0.15) is 11.4 Å². The van der Waals surface area contributed by atoms with E-state index in [1.807, 2.05) is 18.4 Å². The van der Waals surface area contributed by atoms with Gasteiger partial charge in [-0.15, -0.1) is 11.3 Å². The number of halogens is 1. The Labute approximate surface area is 124 Å². The number of thiophene rings is 1. The van der Waals surface area contributed by atoms with Gasteiger partial charge in [0, 0.05) is 10.9 Å². The van der Waals surface area contributed by atoms with Crippen LogP contribution in [0.2, 0.25) is 0 Å². The molecule has 1 N–H and O–H groups in total. The van der Waals surface area contributed by atoms with E-state index < -0.39 is 22.3 Å².